The predicted octanol–water partition coefficient (Wildman–Crippen LogP) is 1.37. The normalized spacial score (nSPS) is 18.4. The third kappa shape index (κ3) is 4.16. The summed E-state index contributed by atoms with van der Waals surface area (Å²) in [5.74, 6) is -1.07. The van der Waals surface area contributed by atoms with Gasteiger partial charge in [-0.3, -0.25) is 0 Å². The number of hydrogen-bond acceptors (Lipinski definition) is 4. The van der Waals surface area contributed by atoms with Crippen molar-refractivity contribution >= 4 is 33.6 Å². The van der Waals surface area contributed by atoms with Gasteiger partial charge in [0.25, 0.3) is 0 Å². The van der Waals surface area contributed by atoms with E-state index in [0.29, 0.717) is 29.9 Å². The molecule has 1 heterocycles. The lowest BCUT2D eigenvalue weighted by Crippen LogP contribution is -2.48. The predicted molar refractivity (Wildman–Crippen MR) is 78.5 cm³/mol. The van der Waals surface area contributed by atoms with E-state index in [1.807, 2.05) is 0 Å². The summed E-state index contributed by atoms with van der Waals surface area (Å²) in [7, 11) is 0. The number of rotatable bonds is 3. The Labute approximate surface area is 129 Å². The first kappa shape index (κ1) is 15.7. The molecule has 0 bridgehead atoms. The SMILES string of the molecule is O=C(O)c1cc(Br)cc(NC(=O)N2CCOC(CO)C2)c1. The molecule has 1 aliphatic rings. The lowest BCUT2D eigenvalue weighted by molar-refractivity contribution is -0.0388. The van der Waals surface area contributed by atoms with Crippen LogP contribution in [0.5, 0.6) is 0 Å². The average Bonchev–Trinajstić information content (AvgIpc) is 2.46. The van der Waals surface area contributed by atoms with Gasteiger partial charge in [-0.15, -0.1) is 0 Å². The van der Waals surface area contributed by atoms with Crippen molar-refractivity contribution in [3.05, 3.63) is 28.2 Å². The van der Waals surface area contributed by atoms with E-state index in [0.717, 1.165) is 0 Å². The number of ether oxygens (including phenoxy) is 1. The molecule has 0 aliphatic carbocycles. The van der Waals surface area contributed by atoms with Crippen molar-refractivity contribution in [2.75, 3.05) is 31.6 Å². The Morgan fingerprint density at radius 2 is 2.19 bits per heavy atom. The summed E-state index contributed by atoms with van der Waals surface area (Å²) in [6.45, 7) is 0.922. The Kier molecular flexibility index (Phi) is 5.16. The fraction of sp³-hybridized carbons (Fsp3) is 0.385. The molecule has 1 saturated heterocycles. The lowest BCUT2D eigenvalue weighted by Gasteiger charge is -2.32. The second-order valence-electron chi connectivity index (χ2n) is 4.59. The second-order valence-corrected chi connectivity index (χ2v) is 5.50. The van der Waals surface area contributed by atoms with E-state index in [1.54, 1.807) is 6.07 Å². The van der Waals surface area contributed by atoms with E-state index in [1.165, 1.54) is 17.0 Å². The maximum Gasteiger partial charge on any atom is 0.335 e. The van der Waals surface area contributed by atoms with Crippen molar-refractivity contribution in [3.63, 3.8) is 0 Å². The number of carboxylic acid groups (broad SMARTS) is 1. The molecule has 1 fully saturated rings. The van der Waals surface area contributed by atoms with Crippen LogP contribution in [-0.2, 0) is 4.74 Å². The molecule has 1 atom stereocenters. The monoisotopic (exact) mass is 358 g/mol. The highest BCUT2D eigenvalue weighted by atomic mass is 79.9. The van der Waals surface area contributed by atoms with Gasteiger partial charge in [0.05, 0.1) is 31.4 Å². The number of aliphatic hydroxyl groups is 1. The molecule has 8 heteroatoms. The fourth-order valence-electron chi connectivity index (χ4n) is 2.00. The summed E-state index contributed by atoms with van der Waals surface area (Å²) in [4.78, 5) is 24.6. The van der Waals surface area contributed by atoms with Gasteiger partial charge < -0.3 is 25.2 Å². The second kappa shape index (κ2) is 6.88. The van der Waals surface area contributed by atoms with Crippen molar-refractivity contribution in [1.82, 2.24) is 4.90 Å². The van der Waals surface area contributed by atoms with Gasteiger partial charge in [-0.25, -0.2) is 9.59 Å². The number of carboxylic acids is 1. The third-order valence-corrected chi connectivity index (χ3v) is 3.48. The van der Waals surface area contributed by atoms with Gasteiger partial charge in [0.1, 0.15) is 0 Å². The van der Waals surface area contributed by atoms with E-state index in [-0.39, 0.29) is 24.3 Å². The highest BCUT2D eigenvalue weighted by molar-refractivity contribution is 9.10. The van der Waals surface area contributed by atoms with E-state index in [4.69, 9.17) is 14.9 Å². The van der Waals surface area contributed by atoms with Crippen molar-refractivity contribution in [3.8, 4) is 0 Å². The topological polar surface area (TPSA) is 99.1 Å². The minimum atomic E-state index is -1.07. The zero-order valence-electron chi connectivity index (χ0n) is 11.1. The Morgan fingerprint density at radius 1 is 1.43 bits per heavy atom. The van der Waals surface area contributed by atoms with Gasteiger partial charge in [-0.05, 0) is 18.2 Å². The van der Waals surface area contributed by atoms with E-state index >= 15 is 0 Å². The van der Waals surface area contributed by atoms with Crippen LogP contribution in [0.1, 0.15) is 10.4 Å². The Bertz CT molecular complexity index is 551. The molecule has 0 spiro atoms. The van der Waals surface area contributed by atoms with E-state index in [9.17, 15) is 9.59 Å². The van der Waals surface area contributed by atoms with Gasteiger partial charge in [-0.1, -0.05) is 15.9 Å². The Hall–Kier alpha value is -1.64. The molecule has 114 valence electrons. The number of carbonyl (C=O) groups excluding carboxylic acids is 1. The first-order valence-corrected chi connectivity index (χ1v) is 7.11. The summed E-state index contributed by atoms with van der Waals surface area (Å²) < 4.78 is 5.83. The molecule has 0 radical (unpaired) electrons. The van der Waals surface area contributed by atoms with Crippen molar-refractivity contribution in [1.29, 1.82) is 0 Å². The van der Waals surface area contributed by atoms with Gasteiger partial charge in [0.15, 0.2) is 0 Å². The Morgan fingerprint density at radius 3 is 2.86 bits per heavy atom. The molecule has 2 rings (SSSR count). The molecular formula is C13H15BrN2O5. The number of halogens is 1. The van der Waals surface area contributed by atoms with Crippen LogP contribution < -0.4 is 5.32 Å². The number of urea groups is 1. The number of carbonyl (C=O) groups is 2. The number of anilines is 1. The summed E-state index contributed by atoms with van der Waals surface area (Å²) in [5, 5.41) is 20.7. The fourth-order valence-corrected chi connectivity index (χ4v) is 2.50. The molecule has 0 aromatic heterocycles. The molecule has 1 aromatic rings. The lowest BCUT2D eigenvalue weighted by atomic mass is 10.2. The summed E-state index contributed by atoms with van der Waals surface area (Å²) in [6, 6.07) is 4.10. The summed E-state index contributed by atoms with van der Waals surface area (Å²) in [5.41, 5.74) is 0.466. The minimum Gasteiger partial charge on any atom is -0.478 e. The molecule has 2 amide bonds. The number of benzene rings is 1. The number of nitrogens with zero attached hydrogens (tertiary/aromatic N) is 1. The van der Waals surface area contributed by atoms with Crippen LogP contribution in [0.25, 0.3) is 0 Å². The maximum absolute atomic E-state index is 12.1. The van der Waals surface area contributed by atoms with Crippen LogP contribution in [0.4, 0.5) is 10.5 Å². The standard InChI is InChI=1S/C13H15BrN2O5/c14-9-3-8(12(18)19)4-10(5-9)15-13(20)16-1-2-21-11(6-16)7-17/h3-5,11,17H,1-2,6-7H2,(H,15,20)(H,18,19). The number of aliphatic hydroxyl groups excluding tert-OH is 1. The first-order valence-electron chi connectivity index (χ1n) is 6.32. The molecule has 7 nitrogen and oxygen atoms in total. The number of amides is 2. The molecular weight excluding hydrogens is 344 g/mol. The largest absolute Gasteiger partial charge is 0.478 e. The van der Waals surface area contributed by atoms with Crippen molar-refractivity contribution in [2.24, 2.45) is 0 Å². The van der Waals surface area contributed by atoms with Crippen LogP contribution in [0.3, 0.4) is 0 Å². The number of hydrogen-bond donors (Lipinski definition) is 3. The summed E-state index contributed by atoms with van der Waals surface area (Å²) in [6.07, 6.45) is -0.387. The number of aromatic carboxylic acids is 1. The van der Waals surface area contributed by atoms with Crippen LogP contribution in [0, 0.1) is 0 Å². The van der Waals surface area contributed by atoms with Crippen LogP contribution >= 0.6 is 15.9 Å². The molecule has 3 N–H and O–H groups in total. The van der Waals surface area contributed by atoms with Crippen LogP contribution in [0.2, 0.25) is 0 Å². The van der Waals surface area contributed by atoms with Gasteiger partial charge in [0.2, 0.25) is 0 Å². The van der Waals surface area contributed by atoms with E-state index in [2.05, 4.69) is 21.2 Å². The third-order valence-electron chi connectivity index (χ3n) is 3.03. The highest BCUT2D eigenvalue weighted by Crippen LogP contribution is 2.20. The van der Waals surface area contributed by atoms with Crippen LogP contribution in [-0.4, -0.2) is 59.5 Å². The van der Waals surface area contributed by atoms with Gasteiger partial charge >= 0.3 is 12.0 Å². The van der Waals surface area contributed by atoms with Crippen LogP contribution in [0.15, 0.2) is 22.7 Å². The highest BCUT2D eigenvalue weighted by Gasteiger charge is 2.23. The zero-order valence-corrected chi connectivity index (χ0v) is 12.7. The van der Waals surface area contributed by atoms with Gasteiger partial charge in [0, 0.05) is 16.7 Å². The molecule has 21 heavy (non-hydrogen) atoms. The number of morpholine rings is 1. The number of nitrogens with one attached hydrogen (secondary N) is 1. The zero-order chi connectivity index (χ0) is 15.4. The van der Waals surface area contributed by atoms with E-state index < -0.39 is 5.97 Å². The maximum atomic E-state index is 12.1. The van der Waals surface area contributed by atoms with Gasteiger partial charge in [-0.2, -0.15) is 0 Å². The molecule has 1 aromatic carbocycles. The Balaban J connectivity index is 2.07. The average molecular weight is 359 g/mol. The quantitative estimate of drug-likeness (QED) is 0.757. The smallest absolute Gasteiger partial charge is 0.335 e. The minimum absolute atomic E-state index is 0.0786. The molecule has 0 saturated carbocycles. The van der Waals surface area contributed by atoms with Crippen molar-refractivity contribution in [2.45, 2.75) is 6.10 Å². The molecule has 1 aliphatic heterocycles. The summed E-state index contributed by atoms with van der Waals surface area (Å²) >= 11 is 3.21. The first-order chi connectivity index (χ1) is 9.99. The molecule has 1 unspecified atom stereocenters. The van der Waals surface area contributed by atoms with Crippen molar-refractivity contribution < 1.29 is 24.5 Å².